The summed E-state index contributed by atoms with van der Waals surface area (Å²) in [6.45, 7) is 1.85. The zero-order chi connectivity index (χ0) is 71.1. The van der Waals surface area contributed by atoms with E-state index in [1.807, 2.05) is 0 Å². The Hall–Kier alpha value is -1.73. The van der Waals surface area contributed by atoms with Gasteiger partial charge >= 0.3 is 0 Å². The van der Waals surface area contributed by atoms with E-state index in [-0.39, 0.29) is 18.9 Å². The highest BCUT2D eigenvalue weighted by Crippen LogP contribution is 2.33. The van der Waals surface area contributed by atoms with Crippen LogP contribution >= 0.6 is 0 Å². The van der Waals surface area contributed by atoms with E-state index in [0.29, 0.717) is 12.8 Å². The largest absolute Gasteiger partial charge is 0.394 e. The number of allylic oxidation sites excluding steroid dienone is 4. The van der Waals surface area contributed by atoms with E-state index >= 15 is 0 Å². The molecule has 3 rings (SSSR count). The van der Waals surface area contributed by atoms with Crippen LogP contribution in [0.25, 0.3) is 0 Å². The first-order valence-electron chi connectivity index (χ1n) is 40.6. The Bertz CT molecular complexity index is 1870. The molecule has 3 fully saturated rings. The molecular weight excluding hydrogens is 1250 g/mol. The van der Waals surface area contributed by atoms with E-state index in [2.05, 4.69) is 43.5 Å². The van der Waals surface area contributed by atoms with Crippen LogP contribution in [0.4, 0.5) is 0 Å². The van der Waals surface area contributed by atoms with Crippen molar-refractivity contribution in [3.63, 3.8) is 0 Å². The maximum absolute atomic E-state index is 13.5. The van der Waals surface area contributed by atoms with Gasteiger partial charge in [0.1, 0.15) is 73.2 Å². The molecule has 3 saturated heterocycles. The van der Waals surface area contributed by atoms with Crippen molar-refractivity contribution < 1.29 is 89.4 Å². The summed E-state index contributed by atoms with van der Waals surface area (Å²) in [6.07, 6.45) is 45.5. The number of amides is 1. The monoisotopic (exact) mass is 1400 g/mol. The molecule has 17 unspecified atom stereocenters. The average molecular weight is 1400 g/mol. The van der Waals surface area contributed by atoms with Gasteiger partial charge < -0.3 is 89.9 Å². The van der Waals surface area contributed by atoms with Gasteiger partial charge in [-0.2, -0.15) is 0 Å². The molecule has 1 amide bonds. The molecule has 0 radical (unpaired) electrons. The summed E-state index contributed by atoms with van der Waals surface area (Å²) in [5, 5.41) is 121. The lowest BCUT2D eigenvalue weighted by Crippen LogP contribution is -2.66. The number of hydrogen-bond acceptors (Lipinski definition) is 18. The van der Waals surface area contributed by atoms with Crippen LogP contribution in [0.2, 0.25) is 0 Å². The van der Waals surface area contributed by atoms with Gasteiger partial charge in [-0.25, -0.2) is 0 Å². The summed E-state index contributed by atoms with van der Waals surface area (Å²) >= 11 is 0. The fourth-order valence-electron chi connectivity index (χ4n) is 14.0. The van der Waals surface area contributed by atoms with E-state index in [1.54, 1.807) is 0 Å². The molecule has 0 spiro atoms. The molecular formula is C79H149NO18. The highest BCUT2D eigenvalue weighted by Gasteiger charge is 2.54. The highest BCUT2D eigenvalue weighted by atomic mass is 16.8. The van der Waals surface area contributed by atoms with E-state index in [9.17, 15) is 61.0 Å². The van der Waals surface area contributed by atoms with Gasteiger partial charge in [-0.15, -0.1) is 0 Å². The lowest BCUT2D eigenvalue weighted by molar-refractivity contribution is -0.379. The maximum atomic E-state index is 13.5. The Labute approximate surface area is 594 Å². The van der Waals surface area contributed by atoms with Crippen molar-refractivity contribution in [2.24, 2.45) is 0 Å². The topological polar surface area (TPSA) is 307 Å². The van der Waals surface area contributed by atoms with Crippen molar-refractivity contribution in [1.29, 1.82) is 0 Å². The Morgan fingerprint density at radius 3 is 1.04 bits per heavy atom. The molecule has 0 bridgehead atoms. The van der Waals surface area contributed by atoms with Gasteiger partial charge in [0.15, 0.2) is 18.9 Å². The van der Waals surface area contributed by atoms with Gasteiger partial charge in [0, 0.05) is 6.42 Å². The number of carbonyl (C=O) groups is 1. The summed E-state index contributed by atoms with van der Waals surface area (Å²) in [5.74, 6) is -0.235. The number of hydrogen-bond donors (Lipinski definition) is 12. The summed E-state index contributed by atoms with van der Waals surface area (Å²) < 4.78 is 34.5. The van der Waals surface area contributed by atoms with Crippen LogP contribution in [-0.4, -0.2) is 193 Å². The normalized spacial score (nSPS) is 26.8. The number of unbranched alkanes of at least 4 members (excludes halogenated alkanes) is 45. The minimum atomic E-state index is -1.97. The third-order valence-corrected chi connectivity index (χ3v) is 20.5. The fourth-order valence-corrected chi connectivity index (χ4v) is 14.0. The van der Waals surface area contributed by atoms with E-state index in [4.69, 9.17) is 28.4 Å². The molecule has 3 aliphatic heterocycles. The van der Waals surface area contributed by atoms with Crippen LogP contribution in [-0.2, 0) is 33.2 Å². The third kappa shape index (κ3) is 40.5. The van der Waals surface area contributed by atoms with Crippen molar-refractivity contribution in [3.05, 3.63) is 24.3 Å². The van der Waals surface area contributed by atoms with Crippen LogP contribution in [0.5, 0.6) is 0 Å². The smallest absolute Gasteiger partial charge is 0.220 e. The van der Waals surface area contributed by atoms with Crippen LogP contribution in [0.1, 0.15) is 341 Å². The third-order valence-electron chi connectivity index (χ3n) is 20.5. The fraction of sp³-hybridized carbons (Fsp3) is 0.937. The quantitative estimate of drug-likeness (QED) is 0.0199. The Balaban J connectivity index is 1.35. The van der Waals surface area contributed by atoms with E-state index in [1.165, 1.54) is 257 Å². The van der Waals surface area contributed by atoms with Crippen molar-refractivity contribution >= 4 is 5.91 Å². The van der Waals surface area contributed by atoms with Crippen molar-refractivity contribution in [1.82, 2.24) is 5.32 Å². The SMILES string of the molecule is CCCCCCC/C=C\C/C=C\CCCCCCCCCCCCCCCCCCCCCC(=O)NC(COC1OC(CO)C(OC2OC(CO)C(OC3OC(CO)C(O)C(O)C3O)C(O)C2O)C(O)C1O)C(O)CCCCCCCCCCCCCCCCCCCCCCCC. The van der Waals surface area contributed by atoms with Gasteiger partial charge in [-0.1, -0.05) is 314 Å². The zero-order valence-electron chi connectivity index (χ0n) is 61.8. The molecule has 0 aromatic carbocycles. The van der Waals surface area contributed by atoms with Gasteiger partial charge in [0.05, 0.1) is 38.6 Å². The molecule has 17 atom stereocenters. The van der Waals surface area contributed by atoms with Gasteiger partial charge in [-0.3, -0.25) is 4.79 Å². The zero-order valence-corrected chi connectivity index (χ0v) is 61.8. The lowest BCUT2D eigenvalue weighted by Gasteiger charge is -2.48. The van der Waals surface area contributed by atoms with Crippen molar-refractivity contribution in [2.45, 2.75) is 446 Å². The summed E-state index contributed by atoms with van der Waals surface area (Å²) in [6, 6.07) is -0.886. The van der Waals surface area contributed by atoms with Gasteiger partial charge in [-0.05, 0) is 44.9 Å². The highest BCUT2D eigenvalue weighted by molar-refractivity contribution is 5.76. The number of rotatable bonds is 65. The average Bonchev–Trinajstić information content (AvgIpc) is 0.785. The standard InChI is InChI=1S/C79H149NO18/c1-3-5-7-9-11-13-15-17-19-21-23-25-27-28-29-30-31-32-33-34-35-37-39-41-43-45-47-49-51-53-55-57-67(85)80-62(63(84)56-54-52-50-48-46-44-42-40-38-36-26-24-22-20-18-16-14-12-10-8-6-4-2)61-93-77-73(91)70(88)75(65(59-82)95-77)98-79-74(92)71(89)76(66(60-83)96-79)97-78-72(90)69(87)68(86)64(58-81)94-78/h15,17,21,23,62-66,68-79,81-84,86-92H,3-14,16,18-20,22,24-61H2,1-2H3,(H,80,85)/b17-15-,23-21-. The first-order chi connectivity index (χ1) is 47.8. The second-order valence-corrected chi connectivity index (χ2v) is 29.2. The van der Waals surface area contributed by atoms with Crippen molar-refractivity contribution in [2.75, 3.05) is 26.4 Å². The minimum absolute atomic E-state index is 0.235. The van der Waals surface area contributed by atoms with Gasteiger partial charge in [0.2, 0.25) is 5.91 Å². The Morgan fingerprint density at radius 2 is 0.673 bits per heavy atom. The Kier molecular flexibility index (Phi) is 55.9. The number of aliphatic hydroxyl groups is 11. The molecule has 3 heterocycles. The molecule has 0 aliphatic carbocycles. The summed E-state index contributed by atoms with van der Waals surface area (Å²) in [7, 11) is 0. The predicted octanol–water partition coefficient (Wildman–Crippen LogP) is 13.3. The van der Waals surface area contributed by atoms with Crippen LogP contribution in [0.15, 0.2) is 24.3 Å². The number of carbonyl (C=O) groups excluding carboxylic acids is 1. The van der Waals surface area contributed by atoms with E-state index < -0.39 is 124 Å². The van der Waals surface area contributed by atoms with Gasteiger partial charge in [0.25, 0.3) is 0 Å². The maximum Gasteiger partial charge on any atom is 0.220 e. The molecule has 0 saturated carbocycles. The Morgan fingerprint density at radius 1 is 0.367 bits per heavy atom. The van der Waals surface area contributed by atoms with Crippen LogP contribution < -0.4 is 5.32 Å². The molecule has 578 valence electrons. The minimum Gasteiger partial charge on any atom is -0.394 e. The number of nitrogens with one attached hydrogen (secondary N) is 1. The molecule has 3 aliphatic rings. The summed E-state index contributed by atoms with van der Waals surface area (Å²) in [5.41, 5.74) is 0. The molecule has 0 aromatic heterocycles. The van der Waals surface area contributed by atoms with Crippen LogP contribution in [0.3, 0.4) is 0 Å². The number of aliphatic hydroxyl groups excluding tert-OH is 11. The second kappa shape index (κ2) is 60.5. The summed E-state index contributed by atoms with van der Waals surface area (Å²) in [4.78, 5) is 13.5. The predicted molar refractivity (Wildman–Crippen MR) is 388 cm³/mol. The lowest BCUT2D eigenvalue weighted by atomic mass is 9.96. The number of ether oxygens (including phenoxy) is 6. The molecule has 98 heavy (non-hydrogen) atoms. The molecule has 19 nitrogen and oxygen atoms in total. The molecule has 19 heteroatoms. The first kappa shape index (κ1) is 90.5. The molecule has 0 aromatic rings. The first-order valence-corrected chi connectivity index (χ1v) is 40.6. The van der Waals surface area contributed by atoms with E-state index in [0.717, 1.165) is 51.4 Å². The molecule has 12 N–H and O–H groups in total. The van der Waals surface area contributed by atoms with Crippen LogP contribution in [0, 0.1) is 0 Å². The second-order valence-electron chi connectivity index (χ2n) is 29.2. The van der Waals surface area contributed by atoms with Crippen molar-refractivity contribution in [3.8, 4) is 0 Å².